The van der Waals surface area contributed by atoms with Gasteiger partial charge in [-0.3, -0.25) is 9.78 Å². The van der Waals surface area contributed by atoms with Crippen LogP contribution in [0.15, 0.2) is 56.9 Å². The van der Waals surface area contributed by atoms with Gasteiger partial charge in [-0.15, -0.1) is 0 Å². The van der Waals surface area contributed by atoms with Gasteiger partial charge < -0.3 is 4.98 Å². The van der Waals surface area contributed by atoms with Crippen molar-refractivity contribution in [3.63, 3.8) is 0 Å². The highest BCUT2D eigenvalue weighted by Crippen LogP contribution is 2.22. The third-order valence-electron chi connectivity index (χ3n) is 3.77. The van der Waals surface area contributed by atoms with E-state index in [1.165, 1.54) is 25.2 Å². The van der Waals surface area contributed by atoms with E-state index in [0.717, 1.165) is 4.31 Å². The first-order valence-electron chi connectivity index (χ1n) is 7.25. The van der Waals surface area contributed by atoms with Gasteiger partial charge in [0, 0.05) is 18.6 Å². The summed E-state index contributed by atoms with van der Waals surface area (Å²) >= 11 is 6.08. The van der Waals surface area contributed by atoms with Gasteiger partial charge in [-0.2, -0.15) is 4.31 Å². The predicted molar refractivity (Wildman–Crippen MR) is 95.3 cm³/mol. The molecular formula is C16H14ClN3O4S. The van der Waals surface area contributed by atoms with Crippen LogP contribution in [0.3, 0.4) is 0 Å². The van der Waals surface area contributed by atoms with Gasteiger partial charge in [-0.05, 0) is 29.8 Å². The number of hydrogen-bond acceptors (Lipinski definition) is 4. The SMILES string of the molecule is CN(Cc1ccccc1Cl)S(=O)(=O)c1ccc2[nH]c(=O)[nH]c(=O)c2c1. The van der Waals surface area contributed by atoms with Gasteiger partial charge in [-0.25, -0.2) is 13.2 Å². The Bertz CT molecular complexity index is 1170. The van der Waals surface area contributed by atoms with Gasteiger partial charge in [0.15, 0.2) is 0 Å². The summed E-state index contributed by atoms with van der Waals surface area (Å²) in [6.45, 7) is 0.0853. The van der Waals surface area contributed by atoms with E-state index in [4.69, 9.17) is 11.6 Å². The smallest absolute Gasteiger partial charge is 0.307 e. The molecule has 0 aliphatic heterocycles. The highest BCUT2D eigenvalue weighted by molar-refractivity contribution is 7.89. The lowest BCUT2D eigenvalue weighted by atomic mass is 10.2. The van der Waals surface area contributed by atoms with E-state index in [2.05, 4.69) is 9.97 Å². The molecule has 0 saturated carbocycles. The number of fused-ring (bicyclic) bond motifs is 1. The van der Waals surface area contributed by atoms with Crippen LogP contribution in [0.1, 0.15) is 5.56 Å². The summed E-state index contributed by atoms with van der Waals surface area (Å²) in [6.07, 6.45) is 0. The lowest BCUT2D eigenvalue weighted by Gasteiger charge is -2.18. The Morgan fingerprint density at radius 1 is 1.08 bits per heavy atom. The first-order chi connectivity index (χ1) is 11.8. The summed E-state index contributed by atoms with van der Waals surface area (Å²) in [4.78, 5) is 27.6. The number of H-pyrrole nitrogens is 2. The second-order valence-corrected chi connectivity index (χ2v) is 7.92. The monoisotopic (exact) mass is 379 g/mol. The summed E-state index contributed by atoms with van der Waals surface area (Å²) in [7, 11) is -2.41. The molecule has 1 heterocycles. The van der Waals surface area contributed by atoms with Crippen molar-refractivity contribution in [1.82, 2.24) is 14.3 Å². The molecule has 0 amide bonds. The number of aromatic nitrogens is 2. The third kappa shape index (κ3) is 3.37. The van der Waals surface area contributed by atoms with Crippen LogP contribution < -0.4 is 11.2 Å². The maximum atomic E-state index is 12.8. The highest BCUT2D eigenvalue weighted by Gasteiger charge is 2.22. The lowest BCUT2D eigenvalue weighted by Crippen LogP contribution is -2.27. The quantitative estimate of drug-likeness (QED) is 0.719. The predicted octanol–water partition coefficient (Wildman–Crippen LogP) is 1.69. The molecule has 0 saturated heterocycles. The van der Waals surface area contributed by atoms with Gasteiger partial charge in [-0.1, -0.05) is 29.8 Å². The Morgan fingerprint density at radius 2 is 1.80 bits per heavy atom. The van der Waals surface area contributed by atoms with Gasteiger partial charge in [0.05, 0.1) is 15.8 Å². The molecule has 0 radical (unpaired) electrons. The molecule has 1 aromatic heterocycles. The molecule has 7 nitrogen and oxygen atoms in total. The summed E-state index contributed by atoms with van der Waals surface area (Å²) in [5, 5.41) is 0.559. The average molecular weight is 380 g/mol. The largest absolute Gasteiger partial charge is 0.326 e. The second kappa shape index (κ2) is 6.47. The number of rotatable bonds is 4. The van der Waals surface area contributed by atoms with E-state index in [1.54, 1.807) is 24.3 Å². The van der Waals surface area contributed by atoms with Crippen molar-refractivity contribution in [2.75, 3.05) is 7.05 Å². The molecule has 3 rings (SSSR count). The molecule has 0 aliphatic rings. The fourth-order valence-electron chi connectivity index (χ4n) is 2.44. The van der Waals surface area contributed by atoms with Crippen molar-refractivity contribution in [3.8, 4) is 0 Å². The average Bonchev–Trinajstić information content (AvgIpc) is 2.56. The van der Waals surface area contributed by atoms with Crippen molar-refractivity contribution in [2.45, 2.75) is 11.4 Å². The third-order valence-corrected chi connectivity index (χ3v) is 5.94. The summed E-state index contributed by atoms with van der Waals surface area (Å²) in [6, 6.07) is 10.9. The first kappa shape index (κ1) is 17.4. The van der Waals surface area contributed by atoms with E-state index in [1.807, 2.05) is 0 Å². The van der Waals surface area contributed by atoms with Gasteiger partial charge in [0.2, 0.25) is 10.0 Å². The topological polar surface area (TPSA) is 103 Å². The minimum Gasteiger partial charge on any atom is -0.307 e. The first-order valence-corrected chi connectivity index (χ1v) is 9.07. The maximum Gasteiger partial charge on any atom is 0.326 e. The zero-order valence-electron chi connectivity index (χ0n) is 13.1. The number of aromatic amines is 2. The van der Waals surface area contributed by atoms with E-state index in [-0.39, 0.29) is 22.3 Å². The fourth-order valence-corrected chi connectivity index (χ4v) is 3.81. The van der Waals surface area contributed by atoms with Gasteiger partial charge >= 0.3 is 5.69 Å². The molecule has 2 aromatic carbocycles. The second-order valence-electron chi connectivity index (χ2n) is 5.47. The van der Waals surface area contributed by atoms with Crippen LogP contribution >= 0.6 is 11.6 Å². The number of benzene rings is 2. The molecule has 0 spiro atoms. The van der Waals surface area contributed by atoms with Crippen molar-refractivity contribution >= 4 is 32.5 Å². The van der Waals surface area contributed by atoms with Gasteiger partial charge in [0.25, 0.3) is 5.56 Å². The number of halogens is 1. The van der Waals surface area contributed by atoms with Crippen LogP contribution in [0.5, 0.6) is 0 Å². The van der Waals surface area contributed by atoms with E-state index >= 15 is 0 Å². The lowest BCUT2D eigenvalue weighted by molar-refractivity contribution is 0.467. The molecule has 0 aliphatic carbocycles. The minimum absolute atomic E-state index is 0.0490. The maximum absolute atomic E-state index is 12.8. The normalized spacial score (nSPS) is 12.0. The minimum atomic E-state index is -3.84. The molecular weight excluding hydrogens is 366 g/mol. The van der Waals surface area contributed by atoms with Crippen LogP contribution in [0, 0.1) is 0 Å². The van der Waals surface area contributed by atoms with E-state index in [9.17, 15) is 18.0 Å². The Balaban J connectivity index is 2.02. The molecule has 0 bridgehead atoms. The standard InChI is InChI=1S/C16H14ClN3O4S/c1-20(9-10-4-2-3-5-13(10)17)25(23,24)11-6-7-14-12(8-11)15(21)19-16(22)18-14/h2-8H,9H2,1H3,(H2,18,19,21,22). The molecule has 3 aromatic rings. The summed E-state index contributed by atoms with van der Waals surface area (Å²) in [5.41, 5.74) is -0.367. The Hall–Kier alpha value is -2.42. The Labute approximate surface area is 147 Å². The zero-order chi connectivity index (χ0) is 18.2. The Kier molecular flexibility index (Phi) is 4.51. The summed E-state index contributed by atoms with van der Waals surface area (Å²) in [5.74, 6) is 0. The van der Waals surface area contributed by atoms with Crippen LogP contribution in [0.2, 0.25) is 5.02 Å². The van der Waals surface area contributed by atoms with Gasteiger partial charge in [0.1, 0.15) is 0 Å². The Morgan fingerprint density at radius 3 is 2.52 bits per heavy atom. The molecule has 25 heavy (non-hydrogen) atoms. The van der Waals surface area contributed by atoms with Crippen LogP contribution in [-0.2, 0) is 16.6 Å². The number of sulfonamides is 1. The van der Waals surface area contributed by atoms with Crippen LogP contribution in [0.25, 0.3) is 10.9 Å². The highest BCUT2D eigenvalue weighted by atomic mass is 35.5. The van der Waals surface area contributed by atoms with Crippen LogP contribution in [0.4, 0.5) is 0 Å². The molecule has 0 atom stereocenters. The van der Waals surface area contributed by atoms with Crippen molar-refractivity contribution in [1.29, 1.82) is 0 Å². The van der Waals surface area contributed by atoms with E-state index < -0.39 is 21.3 Å². The summed E-state index contributed by atoms with van der Waals surface area (Å²) < 4.78 is 26.7. The number of nitrogens with one attached hydrogen (secondary N) is 2. The molecule has 130 valence electrons. The zero-order valence-corrected chi connectivity index (χ0v) is 14.7. The van der Waals surface area contributed by atoms with Crippen LogP contribution in [-0.4, -0.2) is 29.7 Å². The number of nitrogens with zero attached hydrogens (tertiary/aromatic N) is 1. The van der Waals surface area contributed by atoms with E-state index in [0.29, 0.717) is 10.6 Å². The van der Waals surface area contributed by atoms with Crippen molar-refractivity contribution in [2.24, 2.45) is 0 Å². The van der Waals surface area contributed by atoms with Crippen molar-refractivity contribution < 1.29 is 8.42 Å². The fraction of sp³-hybridized carbons (Fsp3) is 0.125. The number of hydrogen-bond donors (Lipinski definition) is 2. The molecule has 9 heteroatoms. The molecule has 0 unspecified atom stereocenters. The van der Waals surface area contributed by atoms with Crippen molar-refractivity contribution in [3.05, 3.63) is 73.9 Å². The molecule has 0 fully saturated rings. The molecule has 2 N–H and O–H groups in total.